The van der Waals surface area contributed by atoms with Crippen molar-refractivity contribution in [3.63, 3.8) is 0 Å². The molecule has 1 amide bonds. The van der Waals surface area contributed by atoms with Crippen LogP contribution >= 0.6 is 28.3 Å². The first-order valence-corrected chi connectivity index (χ1v) is 10.4. The first-order valence-electron chi connectivity index (χ1n) is 9.63. The first-order chi connectivity index (χ1) is 13.5. The summed E-state index contributed by atoms with van der Waals surface area (Å²) >= 11 is 3.51. The van der Waals surface area contributed by atoms with E-state index in [1.807, 2.05) is 48.2 Å². The van der Waals surface area contributed by atoms with E-state index >= 15 is 0 Å². The standard InChI is InChI=1S/C22H23BrN4O.ClH/c1-14-9-10-18-20(26-17-8-5-7-16(23)12-17)19(13-24-21(18)25-14)22(28)27-11-4-3-6-15(27)2;/h5,7-10,12-13,15H,3-4,6,11H2,1-2H3,(H,24,25,26);1H. The highest BCUT2D eigenvalue weighted by atomic mass is 79.9. The van der Waals surface area contributed by atoms with Gasteiger partial charge in [-0.2, -0.15) is 0 Å². The average molecular weight is 476 g/mol. The summed E-state index contributed by atoms with van der Waals surface area (Å²) in [6.07, 6.45) is 4.93. The molecular formula is C22H24BrClN4O. The molecule has 0 aliphatic carbocycles. The van der Waals surface area contributed by atoms with Gasteiger partial charge in [0.2, 0.25) is 0 Å². The van der Waals surface area contributed by atoms with Gasteiger partial charge in [0.05, 0.1) is 11.3 Å². The molecule has 0 bridgehead atoms. The van der Waals surface area contributed by atoms with Gasteiger partial charge in [0.25, 0.3) is 5.91 Å². The molecule has 0 saturated carbocycles. The van der Waals surface area contributed by atoms with Crippen molar-refractivity contribution in [2.45, 2.75) is 39.2 Å². The van der Waals surface area contributed by atoms with Crippen molar-refractivity contribution in [1.29, 1.82) is 0 Å². The highest BCUT2D eigenvalue weighted by molar-refractivity contribution is 9.10. The number of piperidine rings is 1. The number of hydrogen-bond acceptors (Lipinski definition) is 4. The molecule has 152 valence electrons. The zero-order valence-corrected chi connectivity index (χ0v) is 18.9. The molecule has 3 heterocycles. The van der Waals surface area contributed by atoms with Crippen LogP contribution < -0.4 is 5.32 Å². The zero-order chi connectivity index (χ0) is 19.7. The lowest BCUT2D eigenvalue weighted by molar-refractivity contribution is 0.0636. The minimum atomic E-state index is 0. The SMILES string of the molecule is Cc1ccc2c(Nc3cccc(Br)c3)c(C(=O)N3CCCCC3C)cnc2n1.Cl. The minimum Gasteiger partial charge on any atom is -0.354 e. The van der Waals surface area contributed by atoms with E-state index in [0.717, 1.165) is 46.3 Å². The van der Waals surface area contributed by atoms with Gasteiger partial charge >= 0.3 is 0 Å². The summed E-state index contributed by atoms with van der Waals surface area (Å²) in [4.78, 5) is 24.4. The number of halogens is 2. The first kappa shape index (κ1) is 21.5. The second kappa shape index (κ2) is 9.09. The Bertz CT molecular complexity index is 1040. The number of rotatable bonds is 3. The van der Waals surface area contributed by atoms with Crippen LogP contribution in [-0.4, -0.2) is 33.4 Å². The van der Waals surface area contributed by atoms with E-state index in [0.29, 0.717) is 11.2 Å². The Balaban J connectivity index is 0.00000240. The molecule has 1 saturated heterocycles. The minimum absolute atomic E-state index is 0. The van der Waals surface area contributed by atoms with E-state index < -0.39 is 0 Å². The number of fused-ring (bicyclic) bond motifs is 1. The number of aryl methyl sites for hydroxylation is 1. The van der Waals surface area contributed by atoms with Gasteiger partial charge in [-0.1, -0.05) is 22.0 Å². The van der Waals surface area contributed by atoms with Crippen LogP contribution in [0.1, 0.15) is 42.2 Å². The average Bonchev–Trinajstić information content (AvgIpc) is 2.68. The summed E-state index contributed by atoms with van der Waals surface area (Å²) < 4.78 is 0.974. The lowest BCUT2D eigenvalue weighted by Gasteiger charge is -2.34. The fraction of sp³-hybridized carbons (Fsp3) is 0.318. The van der Waals surface area contributed by atoms with Gasteiger partial charge in [0, 0.05) is 40.0 Å². The normalized spacial score (nSPS) is 16.4. The van der Waals surface area contributed by atoms with E-state index in [1.54, 1.807) is 6.20 Å². The number of amides is 1. The zero-order valence-electron chi connectivity index (χ0n) is 16.5. The maximum atomic E-state index is 13.4. The second-order valence-electron chi connectivity index (χ2n) is 7.35. The molecule has 2 aromatic heterocycles. The molecule has 1 unspecified atom stereocenters. The van der Waals surface area contributed by atoms with Crippen LogP contribution in [-0.2, 0) is 0 Å². The number of nitrogens with one attached hydrogen (secondary N) is 1. The predicted octanol–water partition coefficient (Wildman–Crippen LogP) is 5.88. The van der Waals surface area contributed by atoms with Crippen LogP contribution in [0.5, 0.6) is 0 Å². The van der Waals surface area contributed by atoms with Gasteiger partial charge in [0.15, 0.2) is 5.65 Å². The smallest absolute Gasteiger partial charge is 0.257 e. The number of anilines is 2. The Hall–Kier alpha value is -2.18. The van der Waals surface area contributed by atoms with E-state index in [1.165, 1.54) is 6.42 Å². The lowest BCUT2D eigenvalue weighted by atomic mass is 10.0. The molecule has 4 rings (SSSR count). The lowest BCUT2D eigenvalue weighted by Crippen LogP contribution is -2.42. The monoisotopic (exact) mass is 474 g/mol. The van der Waals surface area contributed by atoms with Gasteiger partial charge in [-0.25, -0.2) is 9.97 Å². The van der Waals surface area contributed by atoms with Gasteiger partial charge in [-0.05, 0) is 63.4 Å². The largest absolute Gasteiger partial charge is 0.354 e. The number of hydrogen-bond donors (Lipinski definition) is 1. The summed E-state index contributed by atoms with van der Waals surface area (Å²) in [5.41, 5.74) is 3.80. The third-order valence-corrected chi connectivity index (χ3v) is 5.75. The number of carbonyl (C=O) groups excluding carboxylic acids is 1. The van der Waals surface area contributed by atoms with Crippen LogP contribution in [0.25, 0.3) is 11.0 Å². The van der Waals surface area contributed by atoms with Crippen molar-refractivity contribution in [2.24, 2.45) is 0 Å². The molecule has 5 nitrogen and oxygen atoms in total. The summed E-state index contributed by atoms with van der Waals surface area (Å²) in [5.74, 6) is 0.0275. The second-order valence-corrected chi connectivity index (χ2v) is 8.27. The maximum Gasteiger partial charge on any atom is 0.257 e. The molecule has 1 aliphatic rings. The van der Waals surface area contributed by atoms with Gasteiger partial charge in [-0.3, -0.25) is 4.79 Å². The molecule has 0 radical (unpaired) electrons. The van der Waals surface area contributed by atoms with Crippen LogP contribution in [0.2, 0.25) is 0 Å². The Morgan fingerprint density at radius 1 is 1.24 bits per heavy atom. The summed E-state index contributed by atoms with van der Waals surface area (Å²) in [6, 6.07) is 12.1. The molecule has 3 aromatic rings. The highest BCUT2D eigenvalue weighted by Gasteiger charge is 2.27. The topological polar surface area (TPSA) is 58.1 Å². The quantitative estimate of drug-likeness (QED) is 0.514. The summed E-state index contributed by atoms with van der Waals surface area (Å²) in [7, 11) is 0. The van der Waals surface area contributed by atoms with Crippen LogP contribution in [0, 0.1) is 6.92 Å². The number of aromatic nitrogens is 2. The van der Waals surface area contributed by atoms with Gasteiger partial charge < -0.3 is 10.2 Å². The Kier molecular flexibility index (Phi) is 6.75. The molecule has 29 heavy (non-hydrogen) atoms. The van der Waals surface area contributed by atoms with Crippen molar-refractivity contribution in [1.82, 2.24) is 14.9 Å². The Labute approximate surface area is 185 Å². The van der Waals surface area contributed by atoms with Crippen LogP contribution in [0.4, 0.5) is 11.4 Å². The van der Waals surface area contributed by atoms with Gasteiger partial charge in [-0.15, -0.1) is 12.4 Å². The van der Waals surface area contributed by atoms with Gasteiger partial charge in [0.1, 0.15) is 0 Å². The maximum absolute atomic E-state index is 13.4. The predicted molar refractivity (Wildman–Crippen MR) is 123 cm³/mol. The third-order valence-electron chi connectivity index (χ3n) is 5.26. The third kappa shape index (κ3) is 4.54. The number of likely N-dealkylation sites (tertiary alicyclic amines) is 1. The van der Waals surface area contributed by atoms with Crippen molar-refractivity contribution >= 4 is 56.7 Å². The Morgan fingerprint density at radius 2 is 2.07 bits per heavy atom. The van der Waals surface area contributed by atoms with E-state index in [9.17, 15) is 4.79 Å². The van der Waals surface area contributed by atoms with Crippen molar-refractivity contribution in [2.75, 3.05) is 11.9 Å². The fourth-order valence-electron chi connectivity index (χ4n) is 3.73. The fourth-order valence-corrected chi connectivity index (χ4v) is 4.13. The molecule has 0 spiro atoms. The van der Waals surface area contributed by atoms with Crippen molar-refractivity contribution in [3.8, 4) is 0 Å². The van der Waals surface area contributed by atoms with Crippen molar-refractivity contribution < 1.29 is 4.79 Å². The van der Waals surface area contributed by atoms with Crippen LogP contribution in [0.15, 0.2) is 47.1 Å². The molecule has 1 N–H and O–H groups in total. The molecule has 1 atom stereocenters. The van der Waals surface area contributed by atoms with E-state index in [2.05, 4.69) is 38.1 Å². The molecule has 1 aromatic carbocycles. The number of benzene rings is 1. The van der Waals surface area contributed by atoms with Crippen LogP contribution in [0.3, 0.4) is 0 Å². The molecule has 1 aliphatic heterocycles. The van der Waals surface area contributed by atoms with Crippen molar-refractivity contribution in [3.05, 3.63) is 58.3 Å². The number of nitrogens with zero attached hydrogens (tertiary/aromatic N) is 3. The summed E-state index contributed by atoms with van der Waals surface area (Å²) in [5, 5.41) is 4.30. The Morgan fingerprint density at radius 3 is 2.83 bits per heavy atom. The molecule has 1 fully saturated rings. The highest BCUT2D eigenvalue weighted by Crippen LogP contribution is 2.31. The van der Waals surface area contributed by atoms with E-state index in [-0.39, 0.29) is 24.4 Å². The molecular weight excluding hydrogens is 452 g/mol. The number of pyridine rings is 2. The summed E-state index contributed by atoms with van der Waals surface area (Å²) in [6.45, 7) is 4.86. The van der Waals surface area contributed by atoms with E-state index in [4.69, 9.17) is 0 Å². The molecule has 7 heteroatoms. The number of carbonyl (C=O) groups is 1.